The summed E-state index contributed by atoms with van der Waals surface area (Å²) in [5.74, 6) is -0.715. The third kappa shape index (κ3) is 7.72. The Balaban J connectivity index is 1.47. The molecule has 1 aliphatic carbocycles. The van der Waals surface area contributed by atoms with Crippen molar-refractivity contribution in [1.82, 2.24) is 14.5 Å². The maximum atomic E-state index is 14.8. The fourth-order valence-electron chi connectivity index (χ4n) is 7.03. The minimum atomic E-state index is -3.71. The first-order chi connectivity index (χ1) is 24.0. The van der Waals surface area contributed by atoms with Crippen molar-refractivity contribution < 1.29 is 28.4 Å². The summed E-state index contributed by atoms with van der Waals surface area (Å²) < 4.78 is 34.7. The summed E-state index contributed by atoms with van der Waals surface area (Å²) in [5.41, 5.74) is 3.32. The van der Waals surface area contributed by atoms with Crippen LogP contribution in [0.2, 0.25) is 5.02 Å². The highest BCUT2D eigenvalue weighted by molar-refractivity contribution is 7.93. The van der Waals surface area contributed by atoms with E-state index < -0.39 is 33.1 Å². The topological polar surface area (TPSA) is 135 Å². The third-order valence-corrected chi connectivity index (χ3v) is 13.0. The number of aromatic nitrogens is 2. The Morgan fingerprint density at radius 2 is 1.96 bits per heavy atom. The van der Waals surface area contributed by atoms with Gasteiger partial charge in [0.05, 0.1) is 30.8 Å². The highest BCUT2D eigenvalue weighted by atomic mass is 35.5. The number of rotatable bonds is 3. The van der Waals surface area contributed by atoms with Crippen LogP contribution in [0.25, 0.3) is 0 Å². The Morgan fingerprint density at radius 1 is 1.14 bits per heavy atom. The van der Waals surface area contributed by atoms with E-state index in [9.17, 15) is 18.9 Å². The number of hydrogen-bond acceptors (Lipinski definition) is 8. The highest BCUT2D eigenvalue weighted by Crippen LogP contribution is 2.41. The van der Waals surface area contributed by atoms with E-state index in [4.69, 9.17) is 21.1 Å². The van der Waals surface area contributed by atoms with Gasteiger partial charge in [-0.05, 0) is 105 Å². The lowest BCUT2D eigenvalue weighted by atomic mass is 9.70. The number of ether oxygens (including phenoxy) is 2. The molecule has 1 aromatic heterocycles. The lowest BCUT2D eigenvalue weighted by Gasteiger charge is -2.42. The fourth-order valence-corrected chi connectivity index (χ4v) is 9.09. The summed E-state index contributed by atoms with van der Waals surface area (Å²) in [7, 11) is -0.672. The first-order valence-corrected chi connectivity index (χ1v) is 19.2. The number of allylic oxidation sites excluding steroid dienone is 1. The van der Waals surface area contributed by atoms with Crippen molar-refractivity contribution in [3.05, 3.63) is 82.0 Å². The molecule has 0 radical (unpaired) electrons. The number of carbonyl (C=O) groups excluding carboxylic acids is 2. The quantitative estimate of drug-likeness (QED) is 0.309. The fraction of sp³-hybridized carbons (Fsp3) is 0.486. The summed E-state index contributed by atoms with van der Waals surface area (Å²) in [6, 6.07) is 11.2. The maximum absolute atomic E-state index is 14.8. The van der Waals surface area contributed by atoms with E-state index in [1.165, 1.54) is 23.6 Å². The lowest BCUT2D eigenvalue weighted by Crippen LogP contribution is -2.43. The number of amides is 2. The Kier molecular flexibility index (Phi) is 10.9. The molecule has 2 amide bonds. The molecule has 1 unspecified atom stereocenters. The first-order valence-electron chi connectivity index (χ1n) is 17.3. The summed E-state index contributed by atoms with van der Waals surface area (Å²) in [6.07, 6.45) is 9.52. The molecule has 268 valence electrons. The second kappa shape index (κ2) is 15.2. The van der Waals surface area contributed by atoms with Crippen LogP contribution in [0.4, 0.5) is 5.69 Å². The standard InChI is InChI=1S/C37H46ClN5O6S/c1-23-8-7-10-33(44)30-15-12-28(30)21-43-20-27-11-14-29(38)18-25(27)9-5-6-17-49-34-16-13-26(19-32(34)43)35(45)40-50(47,24(23)2)41-36(46)31-22-42(3)39-37(31)48-4/h7,10-11,13-14,16,18-19,22-24,28,30,33,44H,5-6,8-9,12,15,17,20-21H2,1-4H3,(H,40,41,45,46,47)/b10-7+/t23-,24+,28-,30+,33-,50?/m0/s1. The number of nitrogens with zero attached hydrogens (tertiary/aromatic N) is 4. The summed E-state index contributed by atoms with van der Waals surface area (Å²) in [6.45, 7) is 5.29. The maximum Gasteiger partial charge on any atom is 0.286 e. The first kappa shape index (κ1) is 35.9. The molecule has 6 atom stereocenters. The van der Waals surface area contributed by atoms with Gasteiger partial charge in [-0.1, -0.05) is 36.7 Å². The molecule has 1 saturated carbocycles. The number of carbonyl (C=O) groups is 2. The zero-order valence-corrected chi connectivity index (χ0v) is 30.6. The van der Waals surface area contributed by atoms with Crippen molar-refractivity contribution in [2.24, 2.45) is 29.2 Å². The van der Waals surface area contributed by atoms with E-state index in [0.717, 1.165) is 37.7 Å². The number of aliphatic hydroxyl groups is 1. The van der Waals surface area contributed by atoms with Crippen LogP contribution in [0.5, 0.6) is 11.6 Å². The van der Waals surface area contributed by atoms with E-state index >= 15 is 0 Å². The molecule has 3 heterocycles. The SMILES string of the molecule is COc1nn(C)cc1C(=O)NS1(=O)=NC(=O)c2ccc3c(c2)N(Cc2ccc(Cl)cc2CCCCO3)C[C@@H]2CC[C@H]2[C@@H](O)/C=C/C[C@H](C)[C@H]1C. The van der Waals surface area contributed by atoms with E-state index in [1.54, 1.807) is 32.2 Å². The van der Waals surface area contributed by atoms with Gasteiger partial charge < -0.3 is 19.5 Å². The van der Waals surface area contributed by atoms with E-state index in [1.807, 2.05) is 31.2 Å². The number of benzene rings is 2. The van der Waals surface area contributed by atoms with E-state index in [0.29, 0.717) is 42.6 Å². The molecule has 1 fully saturated rings. The van der Waals surface area contributed by atoms with Crippen molar-refractivity contribution >= 4 is 39.0 Å². The van der Waals surface area contributed by atoms with E-state index in [2.05, 4.69) is 25.1 Å². The molecule has 2 aromatic carbocycles. The monoisotopic (exact) mass is 723 g/mol. The second-order valence-corrected chi connectivity index (χ2v) is 16.4. The van der Waals surface area contributed by atoms with Gasteiger partial charge in [-0.3, -0.25) is 19.0 Å². The highest BCUT2D eigenvalue weighted by Gasteiger charge is 2.37. The molecule has 13 heteroatoms. The minimum absolute atomic E-state index is 0.0626. The molecule has 11 nitrogen and oxygen atoms in total. The predicted molar refractivity (Wildman–Crippen MR) is 194 cm³/mol. The average Bonchev–Trinajstić information content (AvgIpc) is 3.45. The van der Waals surface area contributed by atoms with Crippen LogP contribution in [0, 0.1) is 17.8 Å². The molecule has 6 rings (SSSR count). The van der Waals surface area contributed by atoms with Gasteiger partial charge in [-0.15, -0.1) is 9.46 Å². The Morgan fingerprint density at radius 3 is 2.72 bits per heavy atom. The number of hydrogen-bond donors (Lipinski definition) is 2. The number of methoxy groups -OCH3 is 1. The van der Waals surface area contributed by atoms with Crippen LogP contribution in [0.3, 0.4) is 0 Å². The van der Waals surface area contributed by atoms with Crippen LogP contribution < -0.4 is 19.1 Å². The molecule has 0 spiro atoms. The minimum Gasteiger partial charge on any atom is -0.491 e. The van der Waals surface area contributed by atoms with Gasteiger partial charge in [-0.2, -0.15) is 0 Å². The van der Waals surface area contributed by atoms with Crippen LogP contribution in [0.1, 0.15) is 77.8 Å². The van der Waals surface area contributed by atoms with Crippen molar-refractivity contribution in [2.45, 2.75) is 70.3 Å². The van der Waals surface area contributed by atoms with Gasteiger partial charge in [0, 0.05) is 36.9 Å². The Labute approximate surface area is 299 Å². The van der Waals surface area contributed by atoms with Crippen LogP contribution >= 0.6 is 11.6 Å². The number of aliphatic hydroxyl groups excluding tert-OH is 1. The van der Waals surface area contributed by atoms with Gasteiger partial charge in [0.15, 0.2) is 0 Å². The Hall–Kier alpha value is -3.87. The molecular weight excluding hydrogens is 678 g/mol. The number of anilines is 1. The van der Waals surface area contributed by atoms with Crippen LogP contribution in [-0.4, -0.2) is 62.5 Å². The second-order valence-electron chi connectivity index (χ2n) is 13.7. The summed E-state index contributed by atoms with van der Waals surface area (Å²) in [4.78, 5) is 29.9. The number of fused-ring (bicyclic) bond motifs is 3. The van der Waals surface area contributed by atoms with Crippen molar-refractivity contribution in [3.63, 3.8) is 0 Å². The van der Waals surface area contributed by atoms with Gasteiger partial charge >= 0.3 is 0 Å². The van der Waals surface area contributed by atoms with Crippen molar-refractivity contribution in [3.8, 4) is 11.6 Å². The number of aryl methyl sites for hydroxylation is 2. The number of halogens is 1. The molecule has 3 aliphatic rings. The smallest absolute Gasteiger partial charge is 0.286 e. The summed E-state index contributed by atoms with van der Waals surface area (Å²) >= 11 is 6.44. The zero-order valence-electron chi connectivity index (χ0n) is 29.0. The van der Waals surface area contributed by atoms with Crippen LogP contribution in [0.15, 0.2) is 59.1 Å². The van der Waals surface area contributed by atoms with Gasteiger partial charge in [0.2, 0.25) is 5.88 Å². The predicted octanol–water partition coefficient (Wildman–Crippen LogP) is 6.13. The Bertz CT molecular complexity index is 1900. The van der Waals surface area contributed by atoms with Gasteiger partial charge in [0.25, 0.3) is 11.8 Å². The lowest BCUT2D eigenvalue weighted by molar-refractivity contribution is 0.0459. The molecular formula is C37H46ClN5O6S. The molecule has 2 aliphatic heterocycles. The third-order valence-electron chi connectivity index (χ3n) is 10.4. The average molecular weight is 724 g/mol. The zero-order chi connectivity index (χ0) is 35.6. The van der Waals surface area contributed by atoms with Gasteiger partial charge in [-0.25, -0.2) is 4.21 Å². The van der Waals surface area contributed by atoms with Gasteiger partial charge in [0.1, 0.15) is 21.2 Å². The summed E-state index contributed by atoms with van der Waals surface area (Å²) in [5, 5.41) is 15.4. The van der Waals surface area contributed by atoms with Crippen molar-refractivity contribution in [1.29, 1.82) is 0 Å². The van der Waals surface area contributed by atoms with Crippen molar-refractivity contribution in [2.75, 3.05) is 25.2 Å². The molecule has 2 bridgehead atoms. The number of nitrogens with one attached hydrogen (secondary N) is 1. The van der Waals surface area contributed by atoms with E-state index in [-0.39, 0.29) is 34.8 Å². The molecule has 50 heavy (non-hydrogen) atoms. The molecule has 3 aromatic rings. The normalized spacial score (nSPS) is 28.0. The largest absolute Gasteiger partial charge is 0.491 e. The molecule has 0 saturated heterocycles. The molecule has 2 N–H and O–H groups in total. The van der Waals surface area contributed by atoms with Crippen LogP contribution in [-0.2, 0) is 29.9 Å².